The molecule has 0 unspecified atom stereocenters. The van der Waals surface area contributed by atoms with Gasteiger partial charge in [-0.1, -0.05) is 0 Å². The average Bonchev–Trinajstić information content (AvgIpc) is 2.96. The molecule has 6 heteroatoms. The van der Waals surface area contributed by atoms with E-state index in [4.69, 9.17) is 4.42 Å². The van der Waals surface area contributed by atoms with Crippen molar-refractivity contribution in [3.8, 4) is 0 Å². The van der Waals surface area contributed by atoms with Crippen molar-refractivity contribution >= 4 is 34.6 Å². The molecule has 1 fully saturated rings. The summed E-state index contributed by atoms with van der Waals surface area (Å²) in [5.74, 6) is 1.04. The predicted octanol–water partition coefficient (Wildman–Crippen LogP) is 3.93. The van der Waals surface area contributed by atoms with Crippen LogP contribution in [0.3, 0.4) is 0 Å². The fraction of sp³-hybridized carbons (Fsp3) is 0.125. The largest absolute Gasteiger partial charge is 0.466 e. The van der Waals surface area contributed by atoms with Gasteiger partial charge in [-0.2, -0.15) is 0 Å². The lowest BCUT2D eigenvalue weighted by Gasteiger charge is -1.95. The van der Waals surface area contributed by atoms with E-state index in [1.54, 1.807) is 18.2 Å². The van der Waals surface area contributed by atoms with Crippen molar-refractivity contribution in [1.82, 2.24) is 5.32 Å². The van der Waals surface area contributed by atoms with E-state index in [0.717, 1.165) is 17.1 Å². The molecule has 1 saturated heterocycles. The van der Waals surface area contributed by atoms with Gasteiger partial charge in [0.1, 0.15) is 17.3 Å². The van der Waals surface area contributed by atoms with E-state index in [1.807, 2.05) is 19.9 Å². The summed E-state index contributed by atoms with van der Waals surface area (Å²) in [6.07, 6.45) is 1.78. The van der Waals surface area contributed by atoms with Crippen LogP contribution in [0.4, 0.5) is 10.1 Å². The van der Waals surface area contributed by atoms with Gasteiger partial charge in [-0.3, -0.25) is 4.79 Å². The van der Waals surface area contributed by atoms with Gasteiger partial charge in [-0.15, -0.1) is 0 Å². The molecule has 0 atom stereocenters. The van der Waals surface area contributed by atoms with Gasteiger partial charge in [0, 0.05) is 5.56 Å². The van der Waals surface area contributed by atoms with Crippen molar-refractivity contribution in [3.63, 3.8) is 0 Å². The first kappa shape index (κ1) is 14.6. The summed E-state index contributed by atoms with van der Waals surface area (Å²) in [5.41, 5.74) is 1.46. The van der Waals surface area contributed by atoms with Crippen LogP contribution in [-0.2, 0) is 4.79 Å². The summed E-state index contributed by atoms with van der Waals surface area (Å²) in [6, 6.07) is 7.65. The summed E-state index contributed by atoms with van der Waals surface area (Å²) in [7, 11) is 0. The van der Waals surface area contributed by atoms with E-state index in [9.17, 15) is 9.18 Å². The Morgan fingerprint density at radius 1 is 1.27 bits per heavy atom. The third kappa shape index (κ3) is 3.12. The van der Waals surface area contributed by atoms with Gasteiger partial charge in [0.25, 0.3) is 5.91 Å². The van der Waals surface area contributed by atoms with Crippen molar-refractivity contribution in [2.24, 2.45) is 4.99 Å². The van der Waals surface area contributed by atoms with E-state index >= 15 is 0 Å². The number of hydrogen-bond acceptors (Lipinski definition) is 4. The van der Waals surface area contributed by atoms with Crippen molar-refractivity contribution < 1.29 is 13.6 Å². The number of amidine groups is 1. The van der Waals surface area contributed by atoms with Gasteiger partial charge in [-0.25, -0.2) is 9.38 Å². The van der Waals surface area contributed by atoms with E-state index in [1.165, 1.54) is 23.9 Å². The lowest BCUT2D eigenvalue weighted by molar-refractivity contribution is -0.115. The Morgan fingerprint density at radius 3 is 2.64 bits per heavy atom. The van der Waals surface area contributed by atoms with E-state index in [0.29, 0.717) is 15.8 Å². The second-order valence-corrected chi connectivity index (χ2v) is 5.86. The average molecular weight is 316 g/mol. The maximum atomic E-state index is 12.9. The molecule has 2 aromatic rings. The number of thioether (sulfide) groups is 1. The van der Waals surface area contributed by atoms with Crippen LogP contribution in [0.25, 0.3) is 6.08 Å². The molecule has 22 heavy (non-hydrogen) atoms. The number of nitrogens with zero attached hydrogens (tertiary/aromatic N) is 1. The number of hydrogen-bond donors (Lipinski definition) is 1. The molecule has 0 saturated carbocycles. The number of carbonyl (C=O) groups is 1. The Bertz CT molecular complexity index is 791. The van der Waals surface area contributed by atoms with Crippen LogP contribution in [0.15, 0.2) is 44.6 Å². The number of nitrogens with one attached hydrogen (secondary N) is 1. The highest BCUT2D eigenvalue weighted by atomic mass is 32.2. The summed E-state index contributed by atoms with van der Waals surface area (Å²) >= 11 is 1.25. The summed E-state index contributed by atoms with van der Waals surface area (Å²) in [5, 5.41) is 3.17. The molecule has 112 valence electrons. The highest BCUT2D eigenvalue weighted by Crippen LogP contribution is 2.29. The third-order valence-electron chi connectivity index (χ3n) is 3.07. The van der Waals surface area contributed by atoms with Crippen LogP contribution in [0, 0.1) is 19.7 Å². The third-order valence-corrected chi connectivity index (χ3v) is 3.98. The first-order chi connectivity index (χ1) is 10.5. The number of rotatable bonds is 2. The molecule has 3 rings (SSSR count). The molecule has 1 amide bonds. The number of carbonyl (C=O) groups excluding carboxylic acids is 1. The number of halogens is 1. The van der Waals surface area contributed by atoms with Crippen molar-refractivity contribution in [2.45, 2.75) is 13.8 Å². The predicted molar refractivity (Wildman–Crippen MR) is 85.4 cm³/mol. The highest BCUT2D eigenvalue weighted by Gasteiger charge is 2.24. The Balaban J connectivity index is 1.84. The monoisotopic (exact) mass is 316 g/mol. The summed E-state index contributed by atoms with van der Waals surface area (Å²) in [4.78, 5) is 16.8. The Hall–Kier alpha value is -2.34. The van der Waals surface area contributed by atoms with Crippen LogP contribution in [0.5, 0.6) is 0 Å². The Kier molecular flexibility index (Phi) is 3.85. The minimum atomic E-state index is -0.321. The van der Waals surface area contributed by atoms with Crippen LogP contribution >= 0.6 is 11.8 Å². The molecule has 1 aliphatic rings. The SMILES string of the molecule is Cc1cc(/C=C2\SC(=Nc3ccc(F)cc3)NC2=O)c(C)o1. The fourth-order valence-electron chi connectivity index (χ4n) is 2.05. The molecule has 4 nitrogen and oxygen atoms in total. The zero-order chi connectivity index (χ0) is 15.7. The van der Waals surface area contributed by atoms with Gasteiger partial charge in [-0.05, 0) is 62.0 Å². The van der Waals surface area contributed by atoms with E-state index in [-0.39, 0.29) is 11.7 Å². The number of furan rings is 1. The molecular formula is C16H13FN2O2S. The summed E-state index contributed by atoms with van der Waals surface area (Å²) in [6.45, 7) is 3.71. The zero-order valence-electron chi connectivity index (χ0n) is 12.0. The second-order valence-electron chi connectivity index (χ2n) is 4.83. The standard InChI is InChI=1S/C16H13FN2O2S/c1-9-7-11(10(2)21-9)8-14-15(20)19-16(22-14)18-13-5-3-12(17)4-6-13/h3-8H,1-2H3,(H,18,19,20)/b14-8-. The minimum absolute atomic E-state index is 0.205. The van der Waals surface area contributed by atoms with Crippen molar-refractivity contribution in [2.75, 3.05) is 0 Å². The van der Waals surface area contributed by atoms with E-state index < -0.39 is 0 Å². The van der Waals surface area contributed by atoms with Crippen molar-refractivity contribution in [1.29, 1.82) is 0 Å². The van der Waals surface area contributed by atoms with Crippen molar-refractivity contribution in [3.05, 3.63) is 58.1 Å². The lowest BCUT2D eigenvalue weighted by Crippen LogP contribution is -2.19. The Labute approximate surface area is 131 Å². The molecule has 2 heterocycles. The van der Waals surface area contributed by atoms with Crippen LogP contribution in [-0.4, -0.2) is 11.1 Å². The van der Waals surface area contributed by atoms with Gasteiger partial charge < -0.3 is 9.73 Å². The van der Waals surface area contributed by atoms with Gasteiger partial charge in [0.05, 0.1) is 10.6 Å². The number of benzene rings is 1. The number of aliphatic imine (C=N–C) groups is 1. The number of aryl methyl sites for hydroxylation is 2. The lowest BCUT2D eigenvalue weighted by atomic mass is 10.2. The maximum Gasteiger partial charge on any atom is 0.264 e. The second kappa shape index (κ2) is 5.81. The van der Waals surface area contributed by atoms with Gasteiger partial charge in [0.2, 0.25) is 0 Å². The fourth-order valence-corrected chi connectivity index (χ4v) is 2.88. The topological polar surface area (TPSA) is 54.6 Å². The van der Waals surface area contributed by atoms with Crippen LogP contribution in [0.1, 0.15) is 17.1 Å². The normalized spacial score (nSPS) is 18.2. The molecule has 1 aromatic carbocycles. The number of amides is 1. The van der Waals surface area contributed by atoms with Crippen LogP contribution in [0.2, 0.25) is 0 Å². The molecule has 0 aliphatic carbocycles. The van der Waals surface area contributed by atoms with Gasteiger partial charge >= 0.3 is 0 Å². The maximum absolute atomic E-state index is 12.9. The van der Waals surface area contributed by atoms with Crippen LogP contribution < -0.4 is 5.32 Å². The first-order valence-corrected chi connectivity index (χ1v) is 7.45. The molecule has 1 aliphatic heterocycles. The molecule has 0 spiro atoms. The quantitative estimate of drug-likeness (QED) is 0.854. The molecule has 1 aromatic heterocycles. The summed E-state index contributed by atoms with van der Waals surface area (Å²) < 4.78 is 18.3. The Morgan fingerprint density at radius 2 is 2.00 bits per heavy atom. The zero-order valence-corrected chi connectivity index (χ0v) is 12.8. The van der Waals surface area contributed by atoms with E-state index in [2.05, 4.69) is 10.3 Å². The molecular weight excluding hydrogens is 303 g/mol. The molecule has 0 radical (unpaired) electrons. The first-order valence-electron chi connectivity index (χ1n) is 6.63. The minimum Gasteiger partial charge on any atom is -0.466 e. The smallest absolute Gasteiger partial charge is 0.264 e. The van der Waals surface area contributed by atoms with Gasteiger partial charge in [0.15, 0.2) is 5.17 Å². The highest BCUT2D eigenvalue weighted by molar-refractivity contribution is 8.18. The molecule has 0 bridgehead atoms. The molecule has 1 N–H and O–H groups in total.